The molecular formula is C31H52O2. The predicted molar refractivity (Wildman–Crippen MR) is 143 cm³/mol. The predicted octanol–water partition coefficient (Wildman–Crippen LogP) is 9.55. The van der Waals surface area contributed by atoms with Crippen LogP contribution in [0.4, 0.5) is 0 Å². The molecule has 0 saturated heterocycles. The lowest BCUT2D eigenvalue weighted by molar-refractivity contribution is 0.0339. The molecule has 33 heavy (non-hydrogen) atoms. The molecule has 0 radical (unpaired) electrons. The number of allylic oxidation sites excluding steroid dienone is 1. The second-order valence-electron chi connectivity index (χ2n) is 12.4. The Kier molecular flexibility index (Phi) is 9.95. The van der Waals surface area contributed by atoms with Crippen LogP contribution in [0.25, 0.3) is 0 Å². The van der Waals surface area contributed by atoms with E-state index in [4.69, 9.17) is 9.47 Å². The van der Waals surface area contributed by atoms with Gasteiger partial charge in [0, 0.05) is 0 Å². The van der Waals surface area contributed by atoms with E-state index in [0.29, 0.717) is 0 Å². The molecule has 1 aliphatic rings. The number of fused-ring (bicyclic) bond motifs is 1. The van der Waals surface area contributed by atoms with Crippen LogP contribution in [0.15, 0.2) is 30.4 Å². The first-order chi connectivity index (χ1) is 15.4. The van der Waals surface area contributed by atoms with Crippen LogP contribution in [-0.2, 0) is 6.42 Å². The van der Waals surface area contributed by atoms with Gasteiger partial charge in [0.2, 0.25) is 0 Å². The largest absolute Gasteiger partial charge is 0.488 e. The molecule has 188 valence electrons. The standard InChI is InChI=1S/C31H52O2/c1-10-29(6,7)23-30(8,11-2)32-27-17-18-28-26(22-27)19-21-31(9,33-28)20-13-16-25(5)15-12-14-24(3)4/h13,17-18,20,22,24-25H,10-12,14-16,19,21,23H2,1-9H3. The van der Waals surface area contributed by atoms with E-state index in [-0.39, 0.29) is 16.6 Å². The van der Waals surface area contributed by atoms with Crippen molar-refractivity contribution in [3.05, 3.63) is 35.9 Å². The van der Waals surface area contributed by atoms with Gasteiger partial charge in [-0.25, -0.2) is 0 Å². The van der Waals surface area contributed by atoms with Crippen LogP contribution in [0.5, 0.6) is 11.5 Å². The summed E-state index contributed by atoms with van der Waals surface area (Å²) >= 11 is 0. The molecule has 1 aromatic rings. The Balaban J connectivity index is 1.97. The first-order valence-corrected chi connectivity index (χ1v) is 13.6. The van der Waals surface area contributed by atoms with Crippen LogP contribution in [-0.4, -0.2) is 11.2 Å². The van der Waals surface area contributed by atoms with Crippen molar-refractivity contribution in [2.45, 2.75) is 131 Å². The molecule has 2 heteroatoms. The van der Waals surface area contributed by atoms with Gasteiger partial charge in [0.1, 0.15) is 22.7 Å². The van der Waals surface area contributed by atoms with E-state index in [9.17, 15) is 0 Å². The molecule has 3 atom stereocenters. The third kappa shape index (κ3) is 9.02. The summed E-state index contributed by atoms with van der Waals surface area (Å²) in [6, 6.07) is 6.42. The highest BCUT2D eigenvalue weighted by molar-refractivity contribution is 5.43. The number of rotatable bonds is 13. The number of benzene rings is 1. The summed E-state index contributed by atoms with van der Waals surface area (Å²) in [4.78, 5) is 0. The van der Waals surface area contributed by atoms with Crippen LogP contribution in [0.2, 0.25) is 0 Å². The molecule has 0 fully saturated rings. The number of hydrogen-bond acceptors (Lipinski definition) is 2. The lowest BCUT2D eigenvalue weighted by atomic mass is 9.78. The Hall–Kier alpha value is -1.44. The summed E-state index contributed by atoms with van der Waals surface area (Å²) in [5.41, 5.74) is 1.19. The van der Waals surface area contributed by atoms with Gasteiger partial charge < -0.3 is 9.47 Å². The molecule has 1 heterocycles. The van der Waals surface area contributed by atoms with Crippen LogP contribution in [0.3, 0.4) is 0 Å². The van der Waals surface area contributed by atoms with E-state index >= 15 is 0 Å². The second-order valence-corrected chi connectivity index (χ2v) is 12.4. The lowest BCUT2D eigenvalue weighted by Gasteiger charge is -2.38. The lowest BCUT2D eigenvalue weighted by Crippen LogP contribution is -2.37. The molecule has 0 bridgehead atoms. The Morgan fingerprint density at radius 3 is 2.45 bits per heavy atom. The molecule has 2 nitrogen and oxygen atoms in total. The van der Waals surface area contributed by atoms with Crippen LogP contribution >= 0.6 is 0 Å². The second kappa shape index (κ2) is 11.8. The molecule has 1 aromatic carbocycles. The van der Waals surface area contributed by atoms with E-state index in [1.54, 1.807) is 0 Å². The maximum atomic E-state index is 6.58. The van der Waals surface area contributed by atoms with Crippen LogP contribution < -0.4 is 9.47 Å². The third-order valence-electron chi connectivity index (χ3n) is 7.67. The number of hydrogen-bond donors (Lipinski definition) is 0. The zero-order valence-corrected chi connectivity index (χ0v) is 23.2. The van der Waals surface area contributed by atoms with Crippen molar-refractivity contribution in [3.8, 4) is 11.5 Å². The Labute approximate surface area is 205 Å². The average Bonchev–Trinajstić information content (AvgIpc) is 2.73. The Morgan fingerprint density at radius 1 is 1.09 bits per heavy atom. The molecule has 0 amide bonds. The summed E-state index contributed by atoms with van der Waals surface area (Å²) in [6.07, 6.45) is 15.0. The normalized spacial score (nSPS) is 21.5. The molecule has 2 rings (SSSR count). The summed E-state index contributed by atoms with van der Waals surface area (Å²) in [7, 11) is 0. The van der Waals surface area contributed by atoms with E-state index in [0.717, 1.165) is 61.9 Å². The van der Waals surface area contributed by atoms with Crippen molar-refractivity contribution in [2.75, 3.05) is 0 Å². The summed E-state index contributed by atoms with van der Waals surface area (Å²) < 4.78 is 13.1. The van der Waals surface area contributed by atoms with Gasteiger partial charge in [0.05, 0.1) is 0 Å². The van der Waals surface area contributed by atoms with Crippen LogP contribution in [0.1, 0.15) is 119 Å². The van der Waals surface area contributed by atoms with Crippen molar-refractivity contribution >= 4 is 0 Å². The van der Waals surface area contributed by atoms with Gasteiger partial charge in [-0.15, -0.1) is 0 Å². The molecule has 0 spiro atoms. The number of ether oxygens (including phenoxy) is 2. The Bertz CT molecular complexity index is 762. The fourth-order valence-electron chi connectivity index (χ4n) is 4.91. The van der Waals surface area contributed by atoms with Gasteiger partial charge in [-0.1, -0.05) is 80.2 Å². The summed E-state index contributed by atoms with van der Waals surface area (Å²) in [6.45, 7) is 20.7. The minimum atomic E-state index is -0.212. The quantitative estimate of drug-likeness (QED) is 0.275. The van der Waals surface area contributed by atoms with E-state index in [2.05, 4.69) is 92.7 Å². The van der Waals surface area contributed by atoms with Crippen molar-refractivity contribution in [1.29, 1.82) is 0 Å². The van der Waals surface area contributed by atoms with Gasteiger partial charge in [0.25, 0.3) is 0 Å². The smallest absolute Gasteiger partial charge is 0.125 e. The van der Waals surface area contributed by atoms with Crippen molar-refractivity contribution in [2.24, 2.45) is 17.3 Å². The average molecular weight is 457 g/mol. The molecule has 0 N–H and O–H groups in total. The minimum Gasteiger partial charge on any atom is -0.488 e. The molecule has 1 aliphatic heterocycles. The number of aryl methyl sites for hydroxylation is 1. The van der Waals surface area contributed by atoms with Crippen LogP contribution in [0, 0.1) is 17.3 Å². The fourth-order valence-corrected chi connectivity index (χ4v) is 4.91. The van der Waals surface area contributed by atoms with Crippen molar-refractivity contribution < 1.29 is 9.47 Å². The fraction of sp³-hybridized carbons (Fsp3) is 0.742. The van der Waals surface area contributed by atoms with E-state index < -0.39 is 0 Å². The van der Waals surface area contributed by atoms with Gasteiger partial charge in [0.15, 0.2) is 0 Å². The summed E-state index contributed by atoms with van der Waals surface area (Å²) in [5.74, 6) is 3.54. The highest BCUT2D eigenvalue weighted by Gasteiger charge is 2.33. The van der Waals surface area contributed by atoms with E-state index in [1.165, 1.54) is 24.8 Å². The third-order valence-corrected chi connectivity index (χ3v) is 7.67. The first kappa shape index (κ1) is 27.8. The molecule has 0 aromatic heterocycles. The van der Waals surface area contributed by atoms with Gasteiger partial charge in [-0.3, -0.25) is 0 Å². The van der Waals surface area contributed by atoms with Gasteiger partial charge >= 0.3 is 0 Å². The zero-order chi connectivity index (χ0) is 24.7. The molecule has 0 aliphatic carbocycles. The Morgan fingerprint density at radius 2 is 1.82 bits per heavy atom. The molecule has 0 saturated carbocycles. The molecule has 3 unspecified atom stereocenters. The monoisotopic (exact) mass is 456 g/mol. The van der Waals surface area contributed by atoms with Crippen molar-refractivity contribution in [1.82, 2.24) is 0 Å². The van der Waals surface area contributed by atoms with Gasteiger partial charge in [-0.2, -0.15) is 0 Å². The van der Waals surface area contributed by atoms with Crippen molar-refractivity contribution in [3.63, 3.8) is 0 Å². The molecular weight excluding hydrogens is 404 g/mol. The minimum absolute atomic E-state index is 0.146. The first-order valence-electron chi connectivity index (χ1n) is 13.6. The highest BCUT2D eigenvalue weighted by atomic mass is 16.5. The van der Waals surface area contributed by atoms with Gasteiger partial charge in [-0.05, 0) is 93.0 Å². The van der Waals surface area contributed by atoms with E-state index in [1.807, 2.05) is 0 Å². The SMILES string of the molecule is CCC(C)(C)CC(C)(CC)Oc1ccc2c(c1)CCC(C)(C=CCC(C)CCCC(C)C)O2. The maximum absolute atomic E-state index is 6.58. The zero-order valence-electron chi connectivity index (χ0n) is 23.2. The maximum Gasteiger partial charge on any atom is 0.125 e. The summed E-state index contributed by atoms with van der Waals surface area (Å²) in [5, 5.41) is 0. The highest BCUT2D eigenvalue weighted by Crippen LogP contribution is 2.39. The topological polar surface area (TPSA) is 18.5 Å².